The van der Waals surface area contributed by atoms with Crippen LogP contribution in [0.3, 0.4) is 0 Å². The summed E-state index contributed by atoms with van der Waals surface area (Å²) in [5, 5.41) is 3.10. The van der Waals surface area contributed by atoms with Crippen LogP contribution < -0.4 is 14.9 Å². The molecule has 0 saturated carbocycles. The number of piperidine rings is 1. The SMILES string of the molecule is C=C1CCC(N2Cc3cc(/C=C/CN4CCN(c5ccc(-c6cnc7[nH]cc(C(=O)c8c(F)ccc(NS(=O)(=O)N9CC[C@@H](F)C9)c8F)c7c6)cc5)CC4)ccc3C2=O)C(=O)N1. The molecule has 13 nitrogen and oxygen atoms in total. The number of hydrogen-bond acceptors (Lipinski definition) is 8. The minimum Gasteiger partial charge on any atom is -0.369 e. The highest BCUT2D eigenvalue weighted by Gasteiger charge is 2.38. The van der Waals surface area contributed by atoms with E-state index in [0.717, 1.165) is 71.5 Å². The quantitative estimate of drug-likeness (QED) is 0.137. The van der Waals surface area contributed by atoms with Crippen LogP contribution in [0.4, 0.5) is 24.5 Å². The lowest BCUT2D eigenvalue weighted by Gasteiger charge is -2.35. The third-order valence-electron chi connectivity index (χ3n) is 12.0. The maximum Gasteiger partial charge on any atom is 0.301 e. The van der Waals surface area contributed by atoms with Gasteiger partial charge in [0.05, 0.1) is 11.3 Å². The largest absolute Gasteiger partial charge is 0.369 e. The van der Waals surface area contributed by atoms with Crippen LogP contribution in [0, 0.1) is 11.6 Å². The zero-order valence-electron chi connectivity index (χ0n) is 33.5. The number of ketones is 1. The number of H-pyrrole nitrogens is 1. The molecule has 3 saturated heterocycles. The van der Waals surface area contributed by atoms with Gasteiger partial charge in [-0.15, -0.1) is 0 Å². The van der Waals surface area contributed by atoms with E-state index in [-0.39, 0.29) is 36.9 Å². The number of carbonyl (C=O) groups is 3. The van der Waals surface area contributed by atoms with E-state index in [1.807, 2.05) is 47.2 Å². The van der Waals surface area contributed by atoms with Crippen molar-refractivity contribution in [1.82, 2.24) is 29.4 Å². The molecule has 3 aromatic carbocycles. The zero-order valence-corrected chi connectivity index (χ0v) is 34.4. The number of amides is 2. The van der Waals surface area contributed by atoms with Gasteiger partial charge in [0.15, 0.2) is 5.82 Å². The maximum atomic E-state index is 15.7. The van der Waals surface area contributed by atoms with E-state index in [1.54, 1.807) is 17.2 Å². The lowest BCUT2D eigenvalue weighted by atomic mass is 9.99. The lowest BCUT2D eigenvalue weighted by molar-refractivity contribution is -0.126. The number of carbonyl (C=O) groups excluding carboxylic acids is 3. The first kappa shape index (κ1) is 41.1. The van der Waals surface area contributed by atoms with Crippen LogP contribution in [0.15, 0.2) is 91.4 Å². The predicted molar refractivity (Wildman–Crippen MR) is 229 cm³/mol. The second-order valence-electron chi connectivity index (χ2n) is 16.0. The number of aromatic amines is 1. The van der Waals surface area contributed by atoms with Gasteiger partial charge in [-0.1, -0.05) is 36.9 Å². The van der Waals surface area contributed by atoms with E-state index in [4.69, 9.17) is 0 Å². The molecule has 0 aliphatic carbocycles. The molecule has 2 amide bonds. The molecule has 3 N–H and O–H groups in total. The fourth-order valence-corrected chi connectivity index (χ4v) is 9.87. The number of nitrogens with zero attached hydrogens (tertiary/aromatic N) is 5. The van der Waals surface area contributed by atoms with Gasteiger partial charge in [-0.25, -0.2) is 18.2 Å². The van der Waals surface area contributed by atoms with E-state index in [2.05, 4.69) is 43.8 Å². The molecule has 320 valence electrons. The minimum atomic E-state index is -4.35. The number of allylic oxidation sites excluding steroid dienone is 1. The van der Waals surface area contributed by atoms with Gasteiger partial charge in [-0.3, -0.25) is 24.0 Å². The standard InChI is InChI=1S/C45H43F3N8O5S/c1-27-4-13-39(44(58)51-27)56-25-31-21-28(5-10-34(31)45(56)59)3-2-15-53-17-19-54(20-18-53)33-8-6-29(7-9-33)30-22-35-36(24-50-43(35)49-23-30)42(57)40-37(47)11-12-38(41(40)48)52-62(60,61)55-16-14-32(46)26-55/h2-3,5-12,21-24,32,39,52H,1,4,13-20,25-26H2,(H,49,50)(H,51,58)/b3-2+/t32-,39?/m1/s1. The molecular weight excluding hydrogens is 822 g/mol. The Morgan fingerprint density at radius 2 is 1.76 bits per heavy atom. The summed E-state index contributed by atoms with van der Waals surface area (Å²) in [5.41, 5.74) is 4.48. The van der Waals surface area contributed by atoms with Crippen LogP contribution in [-0.2, 0) is 21.5 Å². The summed E-state index contributed by atoms with van der Waals surface area (Å²) >= 11 is 0. The average Bonchev–Trinajstić information content (AvgIpc) is 3.99. The summed E-state index contributed by atoms with van der Waals surface area (Å²) in [6.45, 7) is 7.88. The summed E-state index contributed by atoms with van der Waals surface area (Å²) in [7, 11) is -4.35. The number of nitrogens with one attached hydrogen (secondary N) is 3. The van der Waals surface area contributed by atoms with Crippen molar-refractivity contribution in [1.29, 1.82) is 0 Å². The number of anilines is 2. The molecule has 3 fully saturated rings. The van der Waals surface area contributed by atoms with Crippen molar-refractivity contribution in [2.45, 2.75) is 38.0 Å². The molecule has 0 radical (unpaired) electrons. The Kier molecular flexibility index (Phi) is 10.9. The molecule has 0 spiro atoms. The molecule has 4 aliphatic rings. The number of rotatable bonds is 11. The highest BCUT2D eigenvalue weighted by molar-refractivity contribution is 7.90. The lowest BCUT2D eigenvalue weighted by Crippen LogP contribution is -2.49. The van der Waals surface area contributed by atoms with Crippen LogP contribution in [0.2, 0.25) is 0 Å². The summed E-state index contributed by atoms with van der Waals surface area (Å²) in [6, 6.07) is 16.7. The Bertz CT molecular complexity index is 2770. The van der Waals surface area contributed by atoms with E-state index < -0.39 is 51.1 Å². The van der Waals surface area contributed by atoms with Gasteiger partial charge in [0.2, 0.25) is 11.7 Å². The first-order chi connectivity index (χ1) is 29.8. The van der Waals surface area contributed by atoms with Crippen LogP contribution in [-0.4, -0.2) is 108 Å². The molecule has 2 atom stereocenters. The van der Waals surface area contributed by atoms with Crippen LogP contribution >= 0.6 is 0 Å². The molecule has 9 rings (SSSR count). The van der Waals surface area contributed by atoms with E-state index in [9.17, 15) is 27.2 Å². The smallest absolute Gasteiger partial charge is 0.301 e. The molecule has 0 bridgehead atoms. The summed E-state index contributed by atoms with van der Waals surface area (Å²) in [6.07, 6.45) is 7.02. The minimum absolute atomic E-state index is 0.00302. The molecule has 17 heteroatoms. The monoisotopic (exact) mass is 864 g/mol. The number of pyridine rings is 1. The van der Waals surface area contributed by atoms with Crippen molar-refractivity contribution in [2.24, 2.45) is 0 Å². The molecular formula is C45H43F3N8O5S. The van der Waals surface area contributed by atoms with Crippen molar-refractivity contribution >= 4 is 56.3 Å². The summed E-state index contributed by atoms with van der Waals surface area (Å²) in [4.78, 5) is 53.0. The summed E-state index contributed by atoms with van der Waals surface area (Å²) < 4.78 is 73.0. The molecule has 1 unspecified atom stereocenters. The fourth-order valence-electron chi connectivity index (χ4n) is 8.60. The van der Waals surface area contributed by atoms with Gasteiger partial charge < -0.3 is 20.1 Å². The Balaban J connectivity index is 0.815. The Morgan fingerprint density at radius 1 is 0.968 bits per heavy atom. The molecule has 4 aliphatic heterocycles. The van der Waals surface area contributed by atoms with Crippen molar-refractivity contribution in [3.8, 4) is 11.1 Å². The Hall–Kier alpha value is -6.30. The number of alkyl halides is 1. The molecule has 5 aromatic rings. The number of halogens is 3. The number of benzene rings is 3. The fraction of sp³-hybridized carbons (Fsp3) is 0.289. The van der Waals surface area contributed by atoms with Crippen LogP contribution in [0.1, 0.15) is 56.7 Å². The molecule has 62 heavy (non-hydrogen) atoms. The summed E-state index contributed by atoms with van der Waals surface area (Å²) in [5.74, 6) is -3.86. The maximum absolute atomic E-state index is 15.7. The Morgan fingerprint density at radius 3 is 2.50 bits per heavy atom. The van der Waals surface area contributed by atoms with Gasteiger partial charge in [0.25, 0.3) is 5.91 Å². The van der Waals surface area contributed by atoms with Gasteiger partial charge in [0, 0.05) is 98.2 Å². The molecule has 6 heterocycles. The Labute approximate surface area is 356 Å². The number of hydrogen-bond donors (Lipinski definition) is 3. The molecule has 2 aromatic heterocycles. The van der Waals surface area contributed by atoms with E-state index in [0.29, 0.717) is 47.2 Å². The second kappa shape index (κ2) is 16.5. The zero-order chi connectivity index (χ0) is 43.3. The van der Waals surface area contributed by atoms with Gasteiger partial charge in [-0.2, -0.15) is 12.7 Å². The van der Waals surface area contributed by atoms with Crippen LogP contribution in [0.5, 0.6) is 0 Å². The highest BCUT2D eigenvalue weighted by Crippen LogP contribution is 2.32. The van der Waals surface area contributed by atoms with E-state index >= 15 is 8.78 Å². The first-order valence-corrected chi connectivity index (χ1v) is 21.9. The van der Waals surface area contributed by atoms with Gasteiger partial charge in [-0.05, 0) is 78.4 Å². The predicted octanol–water partition coefficient (Wildman–Crippen LogP) is 6.02. The number of fused-ring (bicyclic) bond motifs is 2. The van der Waals surface area contributed by atoms with Crippen molar-refractivity contribution in [3.63, 3.8) is 0 Å². The highest BCUT2D eigenvalue weighted by atomic mass is 32.2. The third kappa shape index (κ3) is 7.98. The van der Waals surface area contributed by atoms with E-state index in [1.165, 1.54) is 6.20 Å². The van der Waals surface area contributed by atoms with Crippen molar-refractivity contribution in [3.05, 3.63) is 131 Å². The van der Waals surface area contributed by atoms with Crippen molar-refractivity contribution in [2.75, 3.05) is 55.4 Å². The first-order valence-electron chi connectivity index (χ1n) is 20.4. The van der Waals surface area contributed by atoms with Gasteiger partial charge >= 0.3 is 10.2 Å². The number of piperazine rings is 1. The normalized spacial score (nSPS) is 20.1. The van der Waals surface area contributed by atoms with Crippen molar-refractivity contribution < 1.29 is 36.0 Å². The average molecular weight is 865 g/mol. The number of aromatic nitrogens is 2. The topological polar surface area (TPSA) is 151 Å². The van der Waals surface area contributed by atoms with Crippen LogP contribution in [0.25, 0.3) is 28.2 Å². The second-order valence-corrected chi connectivity index (χ2v) is 17.7. The third-order valence-corrected chi connectivity index (χ3v) is 13.5. The van der Waals surface area contributed by atoms with Gasteiger partial charge in [0.1, 0.15) is 23.7 Å².